The minimum absolute atomic E-state index is 0.192. The monoisotopic (exact) mass is 453 g/mol. The van der Waals surface area contributed by atoms with Gasteiger partial charge >= 0.3 is 6.18 Å². The summed E-state index contributed by atoms with van der Waals surface area (Å²) in [4.78, 5) is 23.8. The third-order valence-corrected chi connectivity index (χ3v) is 6.40. The second-order valence-corrected chi connectivity index (χ2v) is 8.34. The molecule has 2 unspecified atom stereocenters. The zero-order valence-corrected chi connectivity index (χ0v) is 17.2. The summed E-state index contributed by atoms with van der Waals surface area (Å²) in [5.74, 6) is 0.321. The number of carbonyl (C=O) groups excluding carboxylic acids is 1. The summed E-state index contributed by atoms with van der Waals surface area (Å²) in [5.41, 5.74) is 8.24. The predicted molar refractivity (Wildman–Crippen MR) is 114 cm³/mol. The van der Waals surface area contributed by atoms with Gasteiger partial charge in [0.25, 0.3) is 5.91 Å². The number of hydrogen-bond acceptors (Lipinski definition) is 5. The van der Waals surface area contributed by atoms with E-state index >= 15 is 0 Å². The minimum atomic E-state index is -4.46. The van der Waals surface area contributed by atoms with Gasteiger partial charge in [0, 0.05) is 17.7 Å². The van der Waals surface area contributed by atoms with Gasteiger partial charge in [-0.15, -0.1) is 0 Å². The number of imidazole rings is 1. The van der Waals surface area contributed by atoms with Gasteiger partial charge in [0.2, 0.25) is 0 Å². The summed E-state index contributed by atoms with van der Waals surface area (Å²) < 4.78 is 47.1. The fourth-order valence-corrected chi connectivity index (χ4v) is 4.87. The number of fused-ring (bicyclic) bond motifs is 6. The van der Waals surface area contributed by atoms with Crippen molar-refractivity contribution in [3.8, 4) is 5.75 Å². The quantitative estimate of drug-likeness (QED) is 0.466. The third kappa shape index (κ3) is 3.00. The van der Waals surface area contributed by atoms with Crippen LogP contribution in [0.25, 0.3) is 16.6 Å². The van der Waals surface area contributed by atoms with E-state index < -0.39 is 17.8 Å². The van der Waals surface area contributed by atoms with Crippen molar-refractivity contribution in [2.75, 3.05) is 12.3 Å². The van der Waals surface area contributed by atoms with Gasteiger partial charge in [-0.25, -0.2) is 9.97 Å². The van der Waals surface area contributed by atoms with E-state index in [4.69, 9.17) is 10.5 Å². The number of piperidine rings is 1. The van der Waals surface area contributed by atoms with Crippen LogP contribution in [0.5, 0.6) is 5.75 Å². The second kappa shape index (κ2) is 6.84. The number of ether oxygens (including phenoxy) is 1. The molecule has 7 nitrogen and oxygen atoms in total. The van der Waals surface area contributed by atoms with Crippen LogP contribution in [0.4, 0.5) is 19.0 Å². The molecule has 2 aromatic carbocycles. The zero-order valence-electron chi connectivity index (χ0n) is 17.2. The van der Waals surface area contributed by atoms with Gasteiger partial charge in [0.1, 0.15) is 23.2 Å². The van der Waals surface area contributed by atoms with Crippen LogP contribution in [0.15, 0.2) is 48.9 Å². The van der Waals surface area contributed by atoms with Gasteiger partial charge in [-0.1, -0.05) is 6.07 Å². The summed E-state index contributed by atoms with van der Waals surface area (Å²) in [6.45, 7) is 0.488. The van der Waals surface area contributed by atoms with Crippen molar-refractivity contribution in [3.05, 3.63) is 65.6 Å². The number of hydrogen-bond donors (Lipinski definition) is 1. The summed E-state index contributed by atoms with van der Waals surface area (Å²) in [7, 11) is 0. The average Bonchev–Trinajstić information content (AvgIpc) is 3.43. The van der Waals surface area contributed by atoms with Crippen molar-refractivity contribution in [1.29, 1.82) is 0 Å². The molecule has 168 valence electrons. The Balaban J connectivity index is 1.40. The summed E-state index contributed by atoms with van der Waals surface area (Å²) in [5, 5.41) is 0. The maximum Gasteiger partial charge on any atom is 0.416 e. The first-order chi connectivity index (χ1) is 15.8. The van der Waals surface area contributed by atoms with E-state index in [1.165, 1.54) is 6.07 Å². The molecule has 33 heavy (non-hydrogen) atoms. The van der Waals surface area contributed by atoms with Gasteiger partial charge in [-0.2, -0.15) is 13.2 Å². The molecule has 2 aliphatic rings. The lowest BCUT2D eigenvalue weighted by atomic mass is 9.93. The van der Waals surface area contributed by atoms with Crippen LogP contribution >= 0.6 is 0 Å². The fraction of sp³-hybridized carbons (Fsp3) is 0.261. The molecule has 1 amide bonds. The predicted octanol–water partition coefficient (Wildman–Crippen LogP) is 4.22. The van der Waals surface area contributed by atoms with E-state index in [1.807, 2.05) is 0 Å². The molecular formula is C23H18F3N5O2. The van der Waals surface area contributed by atoms with Crippen molar-refractivity contribution in [1.82, 2.24) is 19.3 Å². The van der Waals surface area contributed by atoms with E-state index in [0.29, 0.717) is 52.9 Å². The largest absolute Gasteiger partial charge is 0.488 e. The van der Waals surface area contributed by atoms with Crippen LogP contribution in [0.1, 0.15) is 40.4 Å². The maximum atomic E-state index is 13.6. The zero-order chi connectivity index (χ0) is 22.9. The number of rotatable bonds is 1. The molecule has 2 aliphatic heterocycles. The van der Waals surface area contributed by atoms with E-state index in [-0.39, 0.29) is 17.8 Å². The van der Waals surface area contributed by atoms with Gasteiger partial charge in [-0.3, -0.25) is 9.20 Å². The van der Waals surface area contributed by atoms with Crippen LogP contribution < -0.4 is 10.5 Å². The molecule has 0 saturated carbocycles. The first-order valence-corrected chi connectivity index (χ1v) is 10.5. The number of alkyl halides is 3. The van der Waals surface area contributed by atoms with E-state index in [2.05, 4.69) is 9.97 Å². The normalized spacial score (nSPS) is 20.0. The molecule has 0 bridgehead atoms. The number of carbonyl (C=O) groups is 1. The highest BCUT2D eigenvalue weighted by Gasteiger charge is 2.44. The Labute approximate surface area is 185 Å². The molecule has 0 spiro atoms. The molecule has 0 aliphatic carbocycles. The Morgan fingerprint density at radius 1 is 1.15 bits per heavy atom. The molecule has 1 saturated heterocycles. The molecule has 2 N–H and O–H groups in total. The number of amides is 1. The van der Waals surface area contributed by atoms with Gasteiger partial charge in [0.15, 0.2) is 0 Å². The molecule has 2 atom stereocenters. The SMILES string of the molecule is Nc1nc2ccc(C(=O)N3CCCC4Oc5cc(C(F)(F)F)ccc5C43)cc2n2cncc12. The van der Waals surface area contributed by atoms with E-state index in [1.54, 1.807) is 40.0 Å². The first-order valence-electron chi connectivity index (χ1n) is 10.5. The van der Waals surface area contributed by atoms with E-state index in [9.17, 15) is 18.0 Å². The number of anilines is 1. The summed E-state index contributed by atoms with van der Waals surface area (Å²) in [6, 6.07) is 8.23. The van der Waals surface area contributed by atoms with E-state index in [0.717, 1.165) is 12.1 Å². The number of halogens is 3. The molecule has 4 aromatic rings. The second-order valence-electron chi connectivity index (χ2n) is 8.34. The Morgan fingerprint density at radius 2 is 2.00 bits per heavy atom. The van der Waals surface area contributed by atoms with Gasteiger partial charge in [-0.05, 0) is 43.2 Å². The topological polar surface area (TPSA) is 85.8 Å². The molecule has 6 rings (SSSR count). The molecule has 4 heterocycles. The Hall–Kier alpha value is -3.82. The first kappa shape index (κ1) is 19.8. The smallest absolute Gasteiger partial charge is 0.416 e. The lowest BCUT2D eigenvalue weighted by Crippen LogP contribution is -2.44. The van der Waals surface area contributed by atoms with Gasteiger partial charge < -0.3 is 15.4 Å². The van der Waals surface area contributed by atoms with Crippen LogP contribution in [0, 0.1) is 0 Å². The van der Waals surface area contributed by atoms with Gasteiger partial charge in [0.05, 0.1) is 35.2 Å². The highest BCUT2D eigenvalue weighted by atomic mass is 19.4. The highest BCUT2D eigenvalue weighted by molar-refractivity contribution is 5.98. The van der Waals surface area contributed by atoms with Crippen molar-refractivity contribution >= 4 is 28.3 Å². The molecule has 2 aromatic heterocycles. The number of likely N-dealkylation sites (tertiary alicyclic amines) is 1. The summed E-state index contributed by atoms with van der Waals surface area (Å²) in [6.07, 6.45) is -0.245. The number of nitrogens with zero attached hydrogens (tertiary/aromatic N) is 4. The van der Waals surface area contributed by atoms with Crippen molar-refractivity contribution < 1.29 is 22.7 Å². The number of nitrogens with two attached hydrogens (primary N) is 1. The number of benzene rings is 2. The minimum Gasteiger partial charge on any atom is -0.488 e. The van der Waals surface area contributed by atoms with Crippen LogP contribution in [0.3, 0.4) is 0 Å². The lowest BCUT2D eigenvalue weighted by Gasteiger charge is -2.36. The standard InChI is InChI=1S/C23H18F3N5O2/c24-23(25,26)13-4-5-14-19(9-13)33-18-2-1-7-30(20(14)18)22(32)12-3-6-15-16(8-12)31-11-28-10-17(31)21(27)29-15/h3-6,8-11,18,20H,1-2,7H2,(H2,27,29). The van der Waals surface area contributed by atoms with Crippen LogP contribution in [-0.4, -0.2) is 37.8 Å². The number of aromatic nitrogens is 3. The molecule has 10 heteroatoms. The van der Waals surface area contributed by atoms with Crippen LogP contribution in [-0.2, 0) is 6.18 Å². The molecule has 1 fully saturated rings. The Bertz CT molecular complexity index is 1430. The van der Waals surface area contributed by atoms with Crippen molar-refractivity contribution in [2.24, 2.45) is 0 Å². The lowest BCUT2D eigenvalue weighted by molar-refractivity contribution is -0.137. The van der Waals surface area contributed by atoms with Crippen molar-refractivity contribution in [2.45, 2.75) is 31.2 Å². The fourth-order valence-electron chi connectivity index (χ4n) is 4.87. The highest BCUT2D eigenvalue weighted by Crippen LogP contribution is 2.46. The maximum absolute atomic E-state index is 13.6. The Kier molecular flexibility index (Phi) is 4.11. The molecule has 0 radical (unpaired) electrons. The van der Waals surface area contributed by atoms with Crippen molar-refractivity contribution in [3.63, 3.8) is 0 Å². The summed E-state index contributed by atoms with van der Waals surface area (Å²) >= 11 is 0. The average molecular weight is 453 g/mol. The van der Waals surface area contributed by atoms with Crippen LogP contribution in [0.2, 0.25) is 0 Å². The number of nitrogen functional groups attached to an aromatic ring is 1. The Morgan fingerprint density at radius 3 is 2.82 bits per heavy atom. The molecular weight excluding hydrogens is 435 g/mol. The third-order valence-electron chi connectivity index (χ3n) is 6.40.